The molecule has 312 valence electrons. The number of hydrogen-bond donors (Lipinski definition) is 1. The first-order valence-electron chi connectivity index (χ1n) is 21.9. The van der Waals surface area contributed by atoms with Gasteiger partial charge in [-0.25, -0.2) is 0 Å². The monoisotopic (exact) mass is 833 g/mol. The summed E-state index contributed by atoms with van der Waals surface area (Å²) in [7, 11) is 0. The highest BCUT2D eigenvalue weighted by molar-refractivity contribution is 8.00. The number of carbonyl (C=O) groups excluding carboxylic acids is 1. The van der Waals surface area contributed by atoms with Crippen LogP contribution >= 0.6 is 23.5 Å². The predicted molar refractivity (Wildman–Crippen MR) is 259 cm³/mol. The van der Waals surface area contributed by atoms with Gasteiger partial charge in [-0.2, -0.15) is 0 Å². The Balaban J connectivity index is 1.20. The Morgan fingerprint density at radius 3 is 1.08 bits per heavy atom. The van der Waals surface area contributed by atoms with Crippen LogP contribution in [0.15, 0.2) is 182 Å². The van der Waals surface area contributed by atoms with Crippen LogP contribution in [0.2, 0.25) is 0 Å². The standard InChI is InChI=1S/C54H63N3OS2/c1-3-5-38-56(39-6-4-2)40-41-57(42-44-60-54(49-31-19-10-20-32-49,50-33-21-11-22-34-50)51-35-23-12-24-36-51)45-52(58)55-37-43-59-53(46-25-13-7-14-26-46,47-27-15-8-16-28-47)48-29-17-9-18-30-48/h7-36H,3-6,37-45H2,1-2H3,(H,55,58). The maximum Gasteiger partial charge on any atom is 0.234 e. The van der Waals surface area contributed by atoms with Crippen molar-refractivity contribution in [2.24, 2.45) is 0 Å². The molecule has 0 atom stereocenters. The molecule has 6 heteroatoms. The molecule has 0 heterocycles. The van der Waals surface area contributed by atoms with Gasteiger partial charge in [0, 0.05) is 37.7 Å². The van der Waals surface area contributed by atoms with Crippen molar-refractivity contribution in [3.63, 3.8) is 0 Å². The second-order valence-electron chi connectivity index (χ2n) is 15.4. The van der Waals surface area contributed by atoms with Crippen LogP contribution in [0.25, 0.3) is 0 Å². The lowest BCUT2D eigenvalue weighted by atomic mass is 9.84. The summed E-state index contributed by atoms with van der Waals surface area (Å²) in [6.45, 7) is 10.3. The summed E-state index contributed by atoms with van der Waals surface area (Å²) in [4.78, 5) is 19.0. The maximum atomic E-state index is 14.0. The van der Waals surface area contributed by atoms with E-state index in [-0.39, 0.29) is 5.91 Å². The fourth-order valence-corrected chi connectivity index (χ4v) is 11.2. The summed E-state index contributed by atoms with van der Waals surface area (Å²) in [5.74, 6) is 1.70. The Morgan fingerprint density at radius 1 is 0.433 bits per heavy atom. The number of rotatable bonds is 25. The number of thioether (sulfide) groups is 2. The molecule has 0 unspecified atom stereocenters. The van der Waals surface area contributed by atoms with Crippen LogP contribution in [-0.4, -0.2) is 73.0 Å². The minimum Gasteiger partial charge on any atom is -0.354 e. The molecule has 0 aliphatic rings. The molecular weight excluding hydrogens is 771 g/mol. The Morgan fingerprint density at radius 2 is 0.750 bits per heavy atom. The molecule has 0 radical (unpaired) electrons. The smallest absolute Gasteiger partial charge is 0.234 e. The fourth-order valence-electron chi connectivity index (χ4n) is 8.17. The van der Waals surface area contributed by atoms with Crippen molar-refractivity contribution in [1.82, 2.24) is 15.1 Å². The van der Waals surface area contributed by atoms with Crippen molar-refractivity contribution in [3.05, 3.63) is 215 Å². The number of benzene rings is 6. The van der Waals surface area contributed by atoms with E-state index in [2.05, 4.69) is 211 Å². The average molecular weight is 834 g/mol. The first-order chi connectivity index (χ1) is 29.6. The third-order valence-electron chi connectivity index (χ3n) is 11.3. The highest BCUT2D eigenvalue weighted by Gasteiger charge is 2.38. The van der Waals surface area contributed by atoms with E-state index >= 15 is 0 Å². The molecule has 0 aromatic heterocycles. The normalized spacial score (nSPS) is 11.9. The van der Waals surface area contributed by atoms with Gasteiger partial charge in [-0.1, -0.05) is 209 Å². The SMILES string of the molecule is CCCCN(CCCC)CCN(CCSC(c1ccccc1)(c1ccccc1)c1ccccc1)CC(=O)NCCSC(c1ccccc1)(c1ccccc1)c1ccccc1. The summed E-state index contributed by atoms with van der Waals surface area (Å²) in [6, 6.07) is 65.1. The summed E-state index contributed by atoms with van der Waals surface area (Å²) in [5, 5.41) is 3.36. The van der Waals surface area contributed by atoms with E-state index in [9.17, 15) is 4.79 Å². The van der Waals surface area contributed by atoms with E-state index in [1.165, 1.54) is 59.1 Å². The lowest BCUT2D eigenvalue weighted by molar-refractivity contribution is -0.122. The molecule has 0 bridgehead atoms. The van der Waals surface area contributed by atoms with Crippen LogP contribution in [0.3, 0.4) is 0 Å². The van der Waals surface area contributed by atoms with E-state index in [0.29, 0.717) is 13.1 Å². The Labute approximate surface area is 369 Å². The van der Waals surface area contributed by atoms with Gasteiger partial charge < -0.3 is 10.2 Å². The zero-order valence-electron chi connectivity index (χ0n) is 35.6. The van der Waals surface area contributed by atoms with Crippen LogP contribution in [0.1, 0.15) is 72.9 Å². The molecule has 60 heavy (non-hydrogen) atoms. The second-order valence-corrected chi connectivity index (χ2v) is 18.0. The van der Waals surface area contributed by atoms with Crippen molar-refractivity contribution < 1.29 is 4.79 Å². The van der Waals surface area contributed by atoms with Gasteiger partial charge in [-0.3, -0.25) is 9.69 Å². The molecule has 1 amide bonds. The first-order valence-corrected chi connectivity index (χ1v) is 23.9. The van der Waals surface area contributed by atoms with Crippen molar-refractivity contribution in [2.75, 3.05) is 57.3 Å². The molecule has 6 aromatic rings. The van der Waals surface area contributed by atoms with Gasteiger partial charge in [-0.05, 0) is 59.3 Å². The van der Waals surface area contributed by atoms with E-state index in [0.717, 1.165) is 44.2 Å². The van der Waals surface area contributed by atoms with Gasteiger partial charge in [0.1, 0.15) is 0 Å². The third-order valence-corrected chi connectivity index (χ3v) is 14.4. The molecule has 0 fully saturated rings. The van der Waals surface area contributed by atoms with Gasteiger partial charge >= 0.3 is 0 Å². The van der Waals surface area contributed by atoms with Crippen LogP contribution in [0, 0.1) is 0 Å². The van der Waals surface area contributed by atoms with Gasteiger partial charge in [0.2, 0.25) is 5.91 Å². The summed E-state index contributed by atoms with van der Waals surface area (Å²) in [6.07, 6.45) is 4.76. The van der Waals surface area contributed by atoms with Gasteiger partial charge in [0.15, 0.2) is 0 Å². The fraction of sp³-hybridized carbons (Fsp3) is 0.315. The molecule has 0 saturated carbocycles. The van der Waals surface area contributed by atoms with E-state index in [1.54, 1.807) is 0 Å². The Kier molecular flexibility index (Phi) is 18.0. The minimum atomic E-state index is -0.416. The van der Waals surface area contributed by atoms with Crippen molar-refractivity contribution >= 4 is 29.4 Å². The zero-order valence-corrected chi connectivity index (χ0v) is 37.3. The molecule has 1 N–H and O–H groups in total. The molecule has 0 saturated heterocycles. The number of unbranched alkanes of at least 4 members (excludes halogenated alkanes) is 2. The number of hydrogen-bond acceptors (Lipinski definition) is 5. The molecule has 0 aliphatic carbocycles. The summed E-state index contributed by atoms with van der Waals surface area (Å²) < 4.78 is -0.813. The Bertz CT molecular complexity index is 1870. The second kappa shape index (κ2) is 24.0. The third kappa shape index (κ3) is 11.8. The zero-order chi connectivity index (χ0) is 41.7. The van der Waals surface area contributed by atoms with Crippen molar-refractivity contribution in [3.8, 4) is 0 Å². The number of amides is 1. The molecular formula is C54H63N3OS2. The number of nitrogens with zero attached hydrogens (tertiary/aromatic N) is 2. The molecule has 6 aromatic carbocycles. The van der Waals surface area contributed by atoms with Crippen LogP contribution in [-0.2, 0) is 14.3 Å². The van der Waals surface area contributed by atoms with Crippen LogP contribution in [0.4, 0.5) is 0 Å². The molecule has 0 aliphatic heterocycles. The average Bonchev–Trinajstić information content (AvgIpc) is 3.32. The maximum absolute atomic E-state index is 14.0. The number of carbonyl (C=O) groups is 1. The van der Waals surface area contributed by atoms with Gasteiger partial charge in [-0.15, -0.1) is 23.5 Å². The summed E-state index contributed by atoms with van der Waals surface area (Å²) >= 11 is 3.86. The topological polar surface area (TPSA) is 35.6 Å². The largest absolute Gasteiger partial charge is 0.354 e. The predicted octanol–water partition coefficient (Wildman–Crippen LogP) is 11.8. The lowest BCUT2D eigenvalue weighted by Crippen LogP contribution is -2.43. The van der Waals surface area contributed by atoms with Crippen molar-refractivity contribution in [2.45, 2.75) is 49.0 Å². The molecule has 0 spiro atoms. The Hall–Kier alpha value is -4.59. The number of nitrogens with one attached hydrogen (secondary N) is 1. The van der Waals surface area contributed by atoms with E-state index in [1.807, 2.05) is 23.5 Å². The van der Waals surface area contributed by atoms with E-state index < -0.39 is 9.49 Å². The van der Waals surface area contributed by atoms with Gasteiger partial charge in [0.05, 0.1) is 16.0 Å². The highest BCUT2D eigenvalue weighted by atomic mass is 32.2. The van der Waals surface area contributed by atoms with Crippen LogP contribution < -0.4 is 5.32 Å². The summed E-state index contributed by atoms with van der Waals surface area (Å²) in [5.41, 5.74) is 7.48. The minimum absolute atomic E-state index is 0.0828. The quantitative estimate of drug-likeness (QED) is 0.0459. The lowest BCUT2D eigenvalue weighted by Gasteiger charge is -2.36. The van der Waals surface area contributed by atoms with E-state index in [4.69, 9.17) is 0 Å². The first kappa shape index (κ1) is 44.9. The molecule has 6 rings (SSSR count). The van der Waals surface area contributed by atoms with Crippen LogP contribution in [0.5, 0.6) is 0 Å². The van der Waals surface area contributed by atoms with Gasteiger partial charge in [0.25, 0.3) is 0 Å². The van der Waals surface area contributed by atoms with Crippen molar-refractivity contribution in [1.29, 1.82) is 0 Å². The highest BCUT2D eigenvalue weighted by Crippen LogP contribution is 2.49. The molecule has 4 nitrogen and oxygen atoms in total.